The zero-order valence-electron chi connectivity index (χ0n) is 13.5. The lowest BCUT2D eigenvalue weighted by atomic mass is 10.1. The predicted molar refractivity (Wildman–Crippen MR) is 105 cm³/mol. The van der Waals surface area contributed by atoms with Crippen LogP contribution >= 0.6 is 24.4 Å². The summed E-state index contributed by atoms with van der Waals surface area (Å²) in [5, 5.41) is 18.1. The van der Waals surface area contributed by atoms with Crippen molar-refractivity contribution in [2.75, 3.05) is 26.5 Å². The Bertz CT molecular complexity index is 608. The number of thiocarbonyl (C=S) groups is 2. The number of hydrazone groups is 2. The molecule has 0 radical (unpaired) electrons. The Balaban J connectivity index is 3.09. The van der Waals surface area contributed by atoms with Crippen LogP contribution in [-0.4, -0.2) is 42.8 Å². The van der Waals surface area contributed by atoms with E-state index in [2.05, 4.69) is 37.0 Å². The molecule has 0 bridgehead atoms. The highest BCUT2D eigenvalue weighted by molar-refractivity contribution is 7.80. The fourth-order valence-electron chi connectivity index (χ4n) is 1.56. The first-order valence-electron chi connectivity index (χ1n) is 6.87. The third-order valence-corrected chi connectivity index (χ3v) is 3.43. The zero-order valence-corrected chi connectivity index (χ0v) is 15.2. The minimum atomic E-state index is 0.417. The van der Waals surface area contributed by atoms with Gasteiger partial charge >= 0.3 is 0 Å². The Morgan fingerprint density at radius 2 is 1.39 bits per heavy atom. The van der Waals surface area contributed by atoms with E-state index in [9.17, 15) is 0 Å². The monoisotopic (exact) mass is 351 g/mol. The number of hydrogen-bond donors (Lipinski definition) is 5. The van der Waals surface area contributed by atoms with Gasteiger partial charge in [0.25, 0.3) is 0 Å². The molecule has 0 aliphatic carbocycles. The predicted octanol–water partition coefficient (Wildman–Crippen LogP) is 0.996. The van der Waals surface area contributed by atoms with E-state index in [0.717, 1.165) is 11.3 Å². The fourth-order valence-corrected chi connectivity index (χ4v) is 1.65. The summed E-state index contributed by atoms with van der Waals surface area (Å²) in [5.41, 5.74) is 8.74. The molecular weight excluding hydrogens is 330 g/mol. The molecule has 1 rings (SSSR count). The topological polar surface area (TPSA) is 84.9 Å². The van der Waals surface area contributed by atoms with E-state index in [-0.39, 0.29) is 0 Å². The van der Waals surface area contributed by atoms with E-state index in [1.807, 2.05) is 38.2 Å². The summed E-state index contributed by atoms with van der Waals surface area (Å²) >= 11 is 10.1. The van der Waals surface area contributed by atoms with Gasteiger partial charge in [0.2, 0.25) is 0 Å². The maximum atomic E-state index is 5.05. The van der Waals surface area contributed by atoms with Gasteiger partial charge in [0.05, 0.1) is 5.71 Å². The van der Waals surface area contributed by atoms with E-state index < -0.39 is 0 Å². The summed E-state index contributed by atoms with van der Waals surface area (Å²) in [6.07, 6.45) is 0. The molecule has 1 aromatic rings. The zero-order chi connectivity index (χ0) is 17.2. The van der Waals surface area contributed by atoms with Crippen molar-refractivity contribution in [3.05, 3.63) is 29.8 Å². The number of benzene rings is 1. The summed E-state index contributed by atoms with van der Waals surface area (Å²) in [4.78, 5) is 0. The lowest BCUT2D eigenvalue weighted by molar-refractivity contribution is 0.966. The van der Waals surface area contributed by atoms with Gasteiger partial charge in [-0.3, -0.25) is 10.9 Å². The van der Waals surface area contributed by atoms with Crippen LogP contribution in [0.1, 0.15) is 12.5 Å². The molecule has 0 heterocycles. The molecule has 1 aromatic carbocycles. The molecule has 0 aliphatic rings. The summed E-state index contributed by atoms with van der Waals surface area (Å²) in [7, 11) is 5.31. The third-order valence-electron chi connectivity index (χ3n) is 2.84. The van der Waals surface area contributed by atoms with Gasteiger partial charge in [0.15, 0.2) is 10.2 Å². The van der Waals surface area contributed by atoms with Crippen molar-refractivity contribution in [2.24, 2.45) is 10.2 Å². The number of nitrogens with zero attached hydrogens (tertiary/aromatic N) is 2. The lowest BCUT2D eigenvalue weighted by Crippen LogP contribution is -2.32. The Labute approximate surface area is 147 Å². The Morgan fingerprint density at radius 3 is 1.87 bits per heavy atom. The number of hydrogen-bond acceptors (Lipinski definition) is 5. The quantitative estimate of drug-likeness (QED) is 0.307. The van der Waals surface area contributed by atoms with Crippen LogP contribution in [0.25, 0.3) is 0 Å². The molecule has 0 amide bonds. The van der Waals surface area contributed by atoms with E-state index in [1.54, 1.807) is 14.1 Å². The molecule has 0 saturated carbocycles. The highest BCUT2D eigenvalue weighted by Gasteiger charge is 2.09. The van der Waals surface area contributed by atoms with Crippen molar-refractivity contribution in [3.63, 3.8) is 0 Å². The first kappa shape index (κ1) is 18.8. The first-order valence-corrected chi connectivity index (χ1v) is 7.69. The second-order valence-electron chi connectivity index (χ2n) is 4.37. The summed E-state index contributed by atoms with van der Waals surface area (Å²) < 4.78 is 0. The van der Waals surface area contributed by atoms with Crippen molar-refractivity contribution < 1.29 is 0 Å². The van der Waals surface area contributed by atoms with Crippen molar-refractivity contribution >= 4 is 51.8 Å². The van der Waals surface area contributed by atoms with Gasteiger partial charge in [-0.15, -0.1) is 0 Å². The Morgan fingerprint density at radius 1 is 0.870 bits per heavy atom. The van der Waals surface area contributed by atoms with Gasteiger partial charge in [0, 0.05) is 32.4 Å². The maximum Gasteiger partial charge on any atom is 0.186 e. The molecule has 7 nitrogen and oxygen atoms in total. The molecule has 5 N–H and O–H groups in total. The van der Waals surface area contributed by atoms with Gasteiger partial charge in [-0.05, 0) is 43.5 Å². The van der Waals surface area contributed by atoms with Crippen LogP contribution < -0.4 is 26.8 Å². The van der Waals surface area contributed by atoms with Crippen LogP contribution in [0.3, 0.4) is 0 Å². The van der Waals surface area contributed by atoms with Crippen molar-refractivity contribution in [3.8, 4) is 0 Å². The summed E-state index contributed by atoms with van der Waals surface area (Å²) in [5.74, 6) is 0. The minimum Gasteiger partial charge on any atom is -0.388 e. The standard InChI is InChI=1S/C14H21N7S2/c1-9(18-20-13(22)16-3)12(19-21-14(23)17-4)10-5-7-11(15-2)8-6-10/h5-8,15H,1-4H3,(H2,16,20,22)(H2,17,21,23)/b18-9+,19-12-. The molecule has 124 valence electrons. The largest absolute Gasteiger partial charge is 0.388 e. The molecule has 0 atom stereocenters. The SMILES string of the molecule is CNC(=S)N/N=C(C)/C(=N/NC(=S)NC)c1ccc(NC)cc1. The molecular formula is C14H21N7S2. The number of nitrogens with one attached hydrogen (secondary N) is 5. The average molecular weight is 352 g/mol. The Hall–Kier alpha value is -2.26. The van der Waals surface area contributed by atoms with Crippen LogP contribution in [0.15, 0.2) is 34.5 Å². The first-order chi connectivity index (χ1) is 11.0. The maximum absolute atomic E-state index is 5.05. The molecule has 0 saturated heterocycles. The van der Waals surface area contributed by atoms with E-state index in [0.29, 0.717) is 21.6 Å². The van der Waals surface area contributed by atoms with Crippen LogP contribution in [0, 0.1) is 0 Å². The van der Waals surface area contributed by atoms with Crippen molar-refractivity contribution in [2.45, 2.75) is 6.92 Å². The van der Waals surface area contributed by atoms with Crippen molar-refractivity contribution in [1.82, 2.24) is 21.5 Å². The van der Waals surface area contributed by atoms with Crippen LogP contribution in [-0.2, 0) is 0 Å². The van der Waals surface area contributed by atoms with E-state index >= 15 is 0 Å². The highest BCUT2D eigenvalue weighted by atomic mass is 32.1. The average Bonchev–Trinajstić information content (AvgIpc) is 2.59. The normalized spacial score (nSPS) is 11.5. The van der Waals surface area contributed by atoms with Crippen LogP contribution in [0.5, 0.6) is 0 Å². The Kier molecular flexibility index (Phi) is 7.92. The summed E-state index contributed by atoms with van der Waals surface area (Å²) in [6, 6.07) is 7.81. The van der Waals surface area contributed by atoms with Gasteiger partial charge in [-0.2, -0.15) is 10.2 Å². The number of rotatable bonds is 5. The van der Waals surface area contributed by atoms with Gasteiger partial charge < -0.3 is 16.0 Å². The minimum absolute atomic E-state index is 0.417. The van der Waals surface area contributed by atoms with Gasteiger partial charge in [-0.1, -0.05) is 12.1 Å². The summed E-state index contributed by atoms with van der Waals surface area (Å²) in [6.45, 7) is 1.83. The van der Waals surface area contributed by atoms with E-state index in [4.69, 9.17) is 24.4 Å². The van der Waals surface area contributed by atoms with Crippen molar-refractivity contribution in [1.29, 1.82) is 0 Å². The second kappa shape index (κ2) is 9.70. The van der Waals surface area contributed by atoms with Gasteiger partial charge in [-0.25, -0.2) is 0 Å². The molecule has 0 aliphatic heterocycles. The molecule has 0 unspecified atom stereocenters. The van der Waals surface area contributed by atoms with Gasteiger partial charge in [0.1, 0.15) is 5.71 Å². The molecule has 0 fully saturated rings. The van der Waals surface area contributed by atoms with Crippen LogP contribution in [0.2, 0.25) is 0 Å². The lowest BCUT2D eigenvalue weighted by Gasteiger charge is -2.10. The molecule has 0 aromatic heterocycles. The second-order valence-corrected chi connectivity index (χ2v) is 5.18. The molecule has 23 heavy (non-hydrogen) atoms. The van der Waals surface area contributed by atoms with E-state index in [1.165, 1.54) is 0 Å². The third kappa shape index (κ3) is 6.17. The van der Waals surface area contributed by atoms with Crippen LogP contribution in [0.4, 0.5) is 5.69 Å². The molecule has 0 spiro atoms. The smallest absolute Gasteiger partial charge is 0.186 e. The fraction of sp³-hybridized carbons (Fsp3) is 0.286. The molecule has 9 heteroatoms. The highest BCUT2D eigenvalue weighted by Crippen LogP contribution is 2.10. The number of anilines is 1.